The van der Waals surface area contributed by atoms with E-state index in [0.717, 1.165) is 11.1 Å². The van der Waals surface area contributed by atoms with Crippen LogP contribution in [0.3, 0.4) is 0 Å². The SMILES string of the molecule is COC(=O)C(C)c1cc(Cl)c2c(c1)C=CC(C)(C)O2. The molecule has 1 aliphatic rings. The van der Waals surface area contributed by atoms with E-state index in [4.69, 9.17) is 21.1 Å². The first kappa shape index (κ1) is 13.9. The summed E-state index contributed by atoms with van der Waals surface area (Å²) in [6.45, 7) is 5.72. The van der Waals surface area contributed by atoms with Crippen molar-refractivity contribution in [3.05, 3.63) is 34.4 Å². The van der Waals surface area contributed by atoms with Crippen molar-refractivity contribution in [2.24, 2.45) is 0 Å². The van der Waals surface area contributed by atoms with Crippen molar-refractivity contribution < 1.29 is 14.3 Å². The predicted octanol–water partition coefficient (Wildman–Crippen LogP) is 3.80. The summed E-state index contributed by atoms with van der Waals surface area (Å²) in [5, 5.41) is 0.515. The molecule has 1 aromatic rings. The van der Waals surface area contributed by atoms with Gasteiger partial charge in [0.25, 0.3) is 0 Å². The Morgan fingerprint density at radius 3 is 2.74 bits per heavy atom. The van der Waals surface area contributed by atoms with Crippen LogP contribution in [0.1, 0.15) is 37.8 Å². The van der Waals surface area contributed by atoms with E-state index in [-0.39, 0.29) is 17.5 Å². The van der Waals surface area contributed by atoms with E-state index < -0.39 is 0 Å². The number of hydrogen-bond donors (Lipinski definition) is 0. The second-order valence-electron chi connectivity index (χ2n) is 5.20. The Morgan fingerprint density at radius 2 is 2.11 bits per heavy atom. The van der Waals surface area contributed by atoms with Crippen LogP contribution < -0.4 is 4.74 Å². The van der Waals surface area contributed by atoms with Gasteiger partial charge in [0.1, 0.15) is 11.4 Å². The van der Waals surface area contributed by atoms with Crippen LogP contribution in [0.5, 0.6) is 5.75 Å². The van der Waals surface area contributed by atoms with Gasteiger partial charge in [-0.15, -0.1) is 0 Å². The standard InChI is InChI=1S/C15H17ClO3/c1-9(14(17)18-4)11-7-10-5-6-15(2,3)19-13(10)12(16)8-11/h5-9H,1-4H3. The molecule has 1 atom stereocenters. The number of ether oxygens (including phenoxy) is 2. The molecular formula is C15H17ClO3. The maximum atomic E-state index is 11.6. The smallest absolute Gasteiger partial charge is 0.312 e. The first-order valence-electron chi connectivity index (χ1n) is 6.13. The highest BCUT2D eigenvalue weighted by Crippen LogP contribution is 2.39. The third-order valence-electron chi connectivity index (χ3n) is 3.18. The quantitative estimate of drug-likeness (QED) is 0.773. The number of esters is 1. The summed E-state index contributed by atoms with van der Waals surface area (Å²) < 4.78 is 10.6. The summed E-state index contributed by atoms with van der Waals surface area (Å²) in [6, 6.07) is 3.67. The van der Waals surface area contributed by atoms with Crippen molar-refractivity contribution in [3.8, 4) is 5.75 Å². The number of halogens is 1. The lowest BCUT2D eigenvalue weighted by atomic mass is 9.95. The zero-order chi connectivity index (χ0) is 14.2. The molecule has 0 saturated heterocycles. The lowest BCUT2D eigenvalue weighted by Gasteiger charge is -2.29. The van der Waals surface area contributed by atoms with Gasteiger partial charge in [-0.1, -0.05) is 17.7 Å². The van der Waals surface area contributed by atoms with Crippen molar-refractivity contribution in [2.45, 2.75) is 32.3 Å². The molecule has 0 bridgehead atoms. The van der Waals surface area contributed by atoms with Gasteiger partial charge in [-0.3, -0.25) is 4.79 Å². The highest BCUT2D eigenvalue weighted by atomic mass is 35.5. The van der Waals surface area contributed by atoms with Crippen molar-refractivity contribution in [1.82, 2.24) is 0 Å². The maximum absolute atomic E-state index is 11.6. The number of fused-ring (bicyclic) bond motifs is 1. The molecule has 0 amide bonds. The minimum Gasteiger partial charge on any atom is -0.482 e. The normalized spacial score (nSPS) is 17.3. The molecule has 0 aliphatic carbocycles. The molecule has 1 aromatic carbocycles. The van der Waals surface area contributed by atoms with Gasteiger partial charge < -0.3 is 9.47 Å². The number of benzene rings is 1. The first-order chi connectivity index (χ1) is 8.84. The fraction of sp³-hybridized carbons (Fsp3) is 0.400. The van der Waals surface area contributed by atoms with Gasteiger partial charge in [-0.25, -0.2) is 0 Å². The van der Waals surface area contributed by atoms with Crippen molar-refractivity contribution in [3.63, 3.8) is 0 Å². The minimum absolute atomic E-state index is 0.281. The molecule has 1 aliphatic heterocycles. The fourth-order valence-electron chi connectivity index (χ4n) is 2.02. The number of rotatable bonds is 2. The Labute approximate surface area is 118 Å². The monoisotopic (exact) mass is 280 g/mol. The summed E-state index contributed by atoms with van der Waals surface area (Å²) in [7, 11) is 1.38. The van der Waals surface area contributed by atoms with E-state index in [0.29, 0.717) is 10.8 Å². The summed E-state index contributed by atoms with van der Waals surface area (Å²) >= 11 is 6.26. The Morgan fingerprint density at radius 1 is 1.42 bits per heavy atom. The number of carbonyl (C=O) groups excluding carboxylic acids is 1. The molecule has 0 saturated carbocycles. The minimum atomic E-state index is -0.369. The number of carbonyl (C=O) groups is 1. The largest absolute Gasteiger partial charge is 0.482 e. The summed E-state index contributed by atoms with van der Waals surface area (Å²) in [4.78, 5) is 11.6. The zero-order valence-electron chi connectivity index (χ0n) is 11.5. The topological polar surface area (TPSA) is 35.5 Å². The molecule has 0 radical (unpaired) electrons. The van der Waals surface area contributed by atoms with Crippen LogP contribution in [0.15, 0.2) is 18.2 Å². The average Bonchev–Trinajstić information content (AvgIpc) is 2.37. The van der Waals surface area contributed by atoms with Crippen molar-refractivity contribution in [2.75, 3.05) is 7.11 Å². The lowest BCUT2D eigenvalue weighted by molar-refractivity contribution is -0.141. The van der Waals surface area contributed by atoms with Gasteiger partial charge in [-0.2, -0.15) is 0 Å². The summed E-state index contributed by atoms with van der Waals surface area (Å²) in [5.74, 6) is 0.0307. The second-order valence-corrected chi connectivity index (χ2v) is 5.61. The molecule has 4 heteroatoms. The van der Waals surface area contributed by atoms with E-state index in [1.807, 2.05) is 32.1 Å². The molecule has 1 heterocycles. The maximum Gasteiger partial charge on any atom is 0.312 e. The molecule has 2 rings (SSSR count). The highest BCUT2D eigenvalue weighted by molar-refractivity contribution is 6.32. The molecule has 3 nitrogen and oxygen atoms in total. The molecule has 0 aromatic heterocycles. The van der Waals surface area contributed by atoms with Crippen LogP contribution in [0, 0.1) is 0 Å². The summed E-state index contributed by atoms with van der Waals surface area (Å²) in [6.07, 6.45) is 3.94. The van der Waals surface area contributed by atoms with Gasteiger partial charge in [-0.05, 0) is 44.5 Å². The third kappa shape index (κ3) is 2.76. The Hall–Kier alpha value is -1.48. The van der Waals surface area contributed by atoms with E-state index >= 15 is 0 Å². The molecule has 0 fully saturated rings. The van der Waals surface area contributed by atoms with Crippen LogP contribution >= 0.6 is 11.6 Å². The Bertz CT molecular complexity index is 547. The van der Waals surface area contributed by atoms with Gasteiger partial charge >= 0.3 is 5.97 Å². The third-order valence-corrected chi connectivity index (χ3v) is 3.46. The Balaban J connectivity index is 2.43. The molecule has 1 unspecified atom stereocenters. The first-order valence-corrected chi connectivity index (χ1v) is 6.51. The zero-order valence-corrected chi connectivity index (χ0v) is 12.2. The van der Waals surface area contributed by atoms with Gasteiger partial charge in [0, 0.05) is 5.56 Å². The lowest BCUT2D eigenvalue weighted by Crippen LogP contribution is -2.27. The van der Waals surface area contributed by atoms with Crippen LogP contribution in [-0.4, -0.2) is 18.7 Å². The number of hydrogen-bond acceptors (Lipinski definition) is 3. The predicted molar refractivity (Wildman–Crippen MR) is 75.6 cm³/mol. The molecule has 0 spiro atoms. The van der Waals surface area contributed by atoms with Crippen LogP contribution in [0.25, 0.3) is 6.08 Å². The van der Waals surface area contributed by atoms with Crippen molar-refractivity contribution >= 4 is 23.6 Å². The van der Waals surface area contributed by atoms with Crippen LogP contribution in [-0.2, 0) is 9.53 Å². The highest BCUT2D eigenvalue weighted by Gasteiger charge is 2.26. The van der Waals surface area contributed by atoms with Gasteiger partial charge in [0.05, 0.1) is 18.1 Å². The Kier molecular flexibility index (Phi) is 3.59. The fourth-order valence-corrected chi connectivity index (χ4v) is 2.29. The van der Waals surface area contributed by atoms with E-state index in [9.17, 15) is 4.79 Å². The van der Waals surface area contributed by atoms with E-state index in [1.165, 1.54) is 7.11 Å². The molecule has 19 heavy (non-hydrogen) atoms. The molecule has 102 valence electrons. The average molecular weight is 281 g/mol. The van der Waals surface area contributed by atoms with Crippen LogP contribution in [0.4, 0.5) is 0 Å². The molecular weight excluding hydrogens is 264 g/mol. The second kappa shape index (κ2) is 4.89. The van der Waals surface area contributed by atoms with Crippen LogP contribution in [0.2, 0.25) is 5.02 Å². The summed E-state index contributed by atoms with van der Waals surface area (Å²) in [5.41, 5.74) is 1.34. The number of methoxy groups -OCH3 is 1. The molecule has 0 N–H and O–H groups in total. The van der Waals surface area contributed by atoms with Crippen molar-refractivity contribution in [1.29, 1.82) is 0 Å². The van der Waals surface area contributed by atoms with Gasteiger partial charge in [0.15, 0.2) is 0 Å². The van der Waals surface area contributed by atoms with Gasteiger partial charge in [0.2, 0.25) is 0 Å². The van der Waals surface area contributed by atoms with E-state index in [2.05, 4.69) is 0 Å². The van der Waals surface area contributed by atoms with E-state index in [1.54, 1.807) is 13.0 Å².